The van der Waals surface area contributed by atoms with E-state index in [-0.39, 0.29) is 11.4 Å². The van der Waals surface area contributed by atoms with Gasteiger partial charge in [-0.05, 0) is 18.6 Å². The molecule has 0 aliphatic rings. The van der Waals surface area contributed by atoms with Crippen molar-refractivity contribution in [1.29, 1.82) is 0 Å². The maximum atomic E-state index is 10.8. The van der Waals surface area contributed by atoms with Gasteiger partial charge in [-0.1, -0.05) is 18.2 Å². The summed E-state index contributed by atoms with van der Waals surface area (Å²) < 4.78 is 0. The fraction of sp³-hybridized carbons (Fsp3) is 0.154. The number of nitrogens with zero attached hydrogens (tertiary/aromatic N) is 2. The Labute approximate surface area is 114 Å². The molecule has 0 saturated heterocycles. The lowest BCUT2D eigenvalue weighted by atomic mass is 10.2. The molecule has 19 heavy (non-hydrogen) atoms. The second-order valence-electron chi connectivity index (χ2n) is 3.94. The number of carboxylic acids is 1. The zero-order chi connectivity index (χ0) is 13.8. The SMILES string of the molecule is Cc1ccccc1SCc1ncc(C(=O)O)c(N)n1. The Kier molecular flexibility index (Phi) is 4.01. The van der Waals surface area contributed by atoms with Crippen molar-refractivity contribution in [2.75, 3.05) is 5.73 Å². The van der Waals surface area contributed by atoms with Gasteiger partial charge in [-0.15, -0.1) is 11.8 Å². The van der Waals surface area contributed by atoms with E-state index in [1.807, 2.05) is 31.2 Å². The van der Waals surface area contributed by atoms with Gasteiger partial charge in [0.05, 0.1) is 5.75 Å². The predicted molar refractivity (Wildman–Crippen MR) is 74.1 cm³/mol. The molecule has 5 nitrogen and oxygen atoms in total. The summed E-state index contributed by atoms with van der Waals surface area (Å²) in [6.45, 7) is 2.03. The number of nitrogen functional groups attached to an aromatic ring is 1. The van der Waals surface area contributed by atoms with Gasteiger partial charge in [-0.3, -0.25) is 0 Å². The highest BCUT2D eigenvalue weighted by molar-refractivity contribution is 7.98. The van der Waals surface area contributed by atoms with Crippen LogP contribution in [0, 0.1) is 6.92 Å². The molecule has 0 aliphatic carbocycles. The molecule has 6 heteroatoms. The quantitative estimate of drug-likeness (QED) is 0.833. The zero-order valence-corrected chi connectivity index (χ0v) is 11.1. The van der Waals surface area contributed by atoms with Crippen LogP contribution in [0.1, 0.15) is 21.7 Å². The van der Waals surface area contributed by atoms with Gasteiger partial charge in [-0.25, -0.2) is 14.8 Å². The van der Waals surface area contributed by atoms with Gasteiger partial charge in [0.25, 0.3) is 0 Å². The minimum atomic E-state index is -1.12. The van der Waals surface area contributed by atoms with E-state index >= 15 is 0 Å². The number of nitrogens with two attached hydrogens (primary N) is 1. The Morgan fingerprint density at radius 3 is 2.79 bits per heavy atom. The normalized spacial score (nSPS) is 10.4. The zero-order valence-electron chi connectivity index (χ0n) is 10.3. The van der Waals surface area contributed by atoms with Gasteiger partial charge < -0.3 is 10.8 Å². The monoisotopic (exact) mass is 275 g/mol. The van der Waals surface area contributed by atoms with E-state index in [9.17, 15) is 4.79 Å². The van der Waals surface area contributed by atoms with E-state index in [1.54, 1.807) is 11.8 Å². The molecule has 1 heterocycles. The predicted octanol–water partition coefficient (Wildman–Crippen LogP) is 2.36. The van der Waals surface area contributed by atoms with E-state index in [4.69, 9.17) is 10.8 Å². The van der Waals surface area contributed by atoms with Crippen molar-refractivity contribution in [3.8, 4) is 0 Å². The van der Waals surface area contributed by atoms with E-state index in [0.717, 1.165) is 4.90 Å². The number of carboxylic acid groups (broad SMARTS) is 1. The molecular formula is C13H13N3O2S. The smallest absolute Gasteiger partial charge is 0.341 e. The third-order valence-corrected chi connectivity index (χ3v) is 3.72. The van der Waals surface area contributed by atoms with Crippen molar-refractivity contribution in [2.45, 2.75) is 17.6 Å². The highest BCUT2D eigenvalue weighted by atomic mass is 32.2. The van der Waals surface area contributed by atoms with E-state index in [1.165, 1.54) is 11.8 Å². The summed E-state index contributed by atoms with van der Waals surface area (Å²) >= 11 is 1.60. The standard InChI is InChI=1S/C13H13N3O2S/c1-8-4-2-3-5-10(8)19-7-11-15-6-9(13(17)18)12(14)16-11/h2-6H,7H2,1H3,(H,17,18)(H2,14,15,16). The molecule has 0 spiro atoms. The summed E-state index contributed by atoms with van der Waals surface area (Å²) in [6.07, 6.45) is 1.25. The summed E-state index contributed by atoms with van der Waals surface area (Å²) in [6, 6.07) is 8.01. The van der Waals surface area contributed by atoms with E-state index in [0.29, 0.717) is 11.6 Å². The lowest BCUT2D eigenvalue weighted by Crippen LogP contribution is -2.07. The van der Waals surface area contributed by atoms with Crippen LogP contribution in [0.5, 0.6) is 0 Å². The van der Waals surface area contributed by atoms with Crippen LogP contribution < -0.4 is 5.73 Å². The van der Waals surface area contributed by atoms with Crippen LogP contribution in [0.3, 0.4) is 0 Å². The number of hydrogen-bond acceptors (Lipinski definition) is 5. The Balaban J connectivity index is 2.11. The summed E-state index contributed by atoms with van der Waals surface area (Å²) in [4.78, 5) is 20.0. The van der Waals surface area contributed by atoms with Crippen molar-refractivity contribution in [3.63, 3.8) is 0 Å². The van der Waals surface area contributed by atoms with Crippen LogP contribution in [0.2, 0.25) is 0 Å². The Morgan fingerprint density at radius 1 is 1.42 bits per heavy atom. The van der Waals surface area contributed by atoms with Crippen LogP contribution >= 0.6 is 11.8 Å². The minimum absolute atomic E-state index is 0.00267. The van der Waals surface area contributed by atoms with Gasteiger partial charge in [0.15, 0.2) is 0 Å². The summed E-state index contributed by atoms with van der Waals surface area (Å²) in [5.74, 6) is -0.0381. The number of hydrogen-bond donors (Lipinski definition) is 2. The number of carbonyl (C=O) groups is 1. The molecule has 1 aromatic carbocycles. The molecule has 1 aromatic heterocycles. The fourth-order valence-corrected chi connectivity index (χ4v) is 2.42. The first kappa shape index (κ1) is 13.4. The summed E-state index contributed by atoms with van der Waals surface area (Å²) in [5, 5.41) is 8.84. The van der Waals surface area contributed by atoms with Crippen LogP contribution in [0.4, 0.5) is 5.82 Å². The second-order valence-corrected chi connectivity index (χ2v) is 4.96. The first-order valence-electron chi connectivity index (χ1n) is 5.61. The van der Waals surface area contributed by atoms with Gasteiger partial charge >= 0.3 is 5.97 Å². The van der Waals surface area contributed by atoms with Crippen molar-refractivity contribution >= 4 is 23.5 Å². The van der Waals surface area contributed by atoms with Crippen LogP contribution in [0.15, 0.2) is 35.4 Å². The van der Waals surface area contributed by atoms with E-state index < -0.39 is 5.97 Å². The maximum absolute atomic E-state index is 10.8. The lowest BCUT2D eigenvalue weighted by molar-refractivity contribution is 0.0697. The highest BCUT2D eigenvalue weighted by Crippen LogP contribution is 2.24. The molecule has 0 atom stereocenters. The number of benzene rings is 1. The molecule has 0 aliphatic heterocycles. The van der Waals surface area contributed by atoms with Crippen molar-refractivity contribution in [3.05, 3.63) is 47.4 Å². The largest absolute Gasteiger partial charge is 0.477 e. The highest BCUT2D eigenvalue weighted by Gasteiger charge is 2.11. The Morgan fingerprint density at radius 2 is 2.16 bits per heavy atom. The molecule has 2 rings (SSSR count). The Hall–Kier alpha value is -2.08. The molecular weight excluding hydrogens is 262 g/mol. The summed E-state index contributed by atoms with van der Waals surface area (Å²) in [7, 11) is 0. The molecule has 98 valence electrons. The van der Waals surface area contributed by atoms with Crippen LogP contribution in [-0.4, -0.2) is 21.0 Å². The third kappa shape index (κ3) is 3.23. The number of aryl methyl sites for hydroxylation is 1. The minimum Gasteiger partial charge on any atom is -0.477 e. The number of aromatic carboxylic acids is 1. The average molecular weight is 275 g/mol. The Bertz CT molecular complexity index is 617. The maximum Gasteiger partial charge on any atom is 0.341 e. The summed E-state index contributed by atoms with van der Waals surface area (Å²) in [5.41, 5.74) is 6.70. The second kappa shape index (κ2) is 5.71. The molecule has 0 fully saturated rings. The average Bonchev–Trinajstić information content (AvgIpc) is 2.37. The van der Waals surface area contributed by atoms with Crippen molar-refractivity contribution < 1.29 is 9.90 Å². The number of thioether (sulfide) groups is 1. The van der Waals surface area contributed by atoms with Crippen LogP contribution in [0.25, 0.3) is 0 Å². The number of aromatic nitrogens is 2. The van der Waals surface area contributed by atoms with Crippen LogP contribution in [-0.2, 0) is 5.75 Å². The molecule has 2 aromatic rings. The molecule has 0 saturated carbocycles. The molecule has 0 unspecified atom stereocenters. The molecule has 3 N–H and O–H groups in total. The van der Waals surface area contributed by atoms with Crippen molar-refractivity contribution in [1.82, 2.24) is 9.97 Å². The van der Waals surface area contributed by atoms with Gasteiger partial charge in [0.2, 0.25) is 0 Å². The van der Waals surface area contributed by atoms with E-state index in [2.05, 4.69) is 9.97 Å². The molecule has 0 radical (unpaired) electrons. The fourth-order valence-electron chi connectivity index (χ4n) is 1.53. The number of rotatable bonds is 4. The number of anilines is 1. The topological polar surface area (TPSA) is 89.1 Å². The van der Waals surface area contributed by atoms with Gasteiger partial charge in [0, 0.05) is 11.1 Å². The lowest BCUT2D eigenvalue weighted by Gasteiger charge is -2.05. The van der Waals surface area contributed by atoms with Gasteiger partial charge in [0.1, 0.15) is 17.2 Å². The van der Waals surface area contributed by atoms with Crippen molar-refractivity contribution in [2.24, 2.45) is 0 Å². The molecule has 0 amide bonds. The molecule has 0 bridgehead atoms. The van der Waals surface area contributed by atoms with Gasteiger partial charge in [-0.2, -0.15) is 0 Å². The third-order valence-electron chi connectivity index (χ3n) is 2.55. The first-order chi connectivity index (χ1) is 9.08. The first-order valence-corrected chi connectivity index (χ1v) is 6.59.